The van der Waals surface area contributed by atoms with Crippen molar-refractivity contribution < 1.29 is 4.79 Å². The van der Waals surface area contributed by atoms with E-state index in [1.54, 1.807) is 0 Å². The monoisotopic (exact) mass is 296 g/mol. The molecule has 0 saturated heterocycles. The first kappa shape index (κ1) is 13.9. The van der Waals surface area contributed by atoms with E-state index >= 15 is 0 Å². The lowest BCUT2D eigenvalue weighted by Gasteiger charge is -2.28. The first-order valence-corrected chi connectivity index (χ1v) is 8.55. The van der Waals surface area contributed by atoms with Crippen molar-refractivity contribution in [1.29, 1.82) is 0 Å². The Bertz CT molecular complexity index is 690. The van der Waals surface area contributed by atoms with Crippen molar-refractivity contribution in [3.63, 3.8) is 0 Å². The Morgan fingerprint density at radius 3 is 2.95 bits per heavy atom. The van der Waals surface area contributed by atoms with Crippen molar-refractivity contribution in [2.45, 2.75) is 45.1 Å². The van der Waals surface area contributed by atoms with Crippen molar-refractivity contribution in [1.82, 2.24) is 10.3 Å². The number of amides is 1. The topological polar surface area (TPSA) is 44.9 Å². The number of rotatable bonds is 4. The summed E-state index contributed by atoms with van der Waals surface area (Å²) in [6.45, 7) is 2.19. The summed E-state index contributed by atoms with van der Waals surface area (Å²) in [7, 11) is 0. The predicted molar refractivity (Wildman–Crippen MR) is 88.5 cm³/mol. The maximum absolute atomic E-state index is 12.4. The molecule has 0 spiro atoms. The molecule has 1 amide bonds. The highest BCUT2D eigenvalue weighted by Crippen LogP contribution is 2.49. The lowest BCUT2D eigenvalue weighted by molar-refractivity contribution is -0.121. The standard InChI is InChI=1S/C19H24N2O/c1-12(17-9-13-6-7-14(17)8-13)21-19(22)10-15-11-20-18-5-3-2-4-16(15)18/h2-5,11-14,17,20H,6-10H2,1H3,(H,21,22)/t12-,13+,14+,17-/m1/s1. The average Bonchev–Trinajstić information content (AvgIpc) is 3.22. The summed E-state index contributed by atoms with van der Waals surface area (Å²) in [6.07, 6.45) is 7.93. The molecule has 0 radical (unpaired) electrons. The largest absolute Gasteiger partial charge is 0.361 e. The molecule has 2 bridgehead atoms. The van der Waals surface area contributed by atoms with Crippen molar-refractivity contribution >= 4 is 16.8 Å². The van der Waals surface area contributed by atoms with Crippen LogP contribution in [0.15, 0.2) is 30.5 Å². The molecule has 4 atom stereocenters. The number of fused-ring (bicyclic) bond motifs is 3. The first-order chi connectivity index (χ1) is 10.7. The molecule has 1 aromatic heterocycles. The molecule has 2 aliphatic carbocycles. The second-order valence-electron chi connectivity index (χ2n) is 7.23. The predicted octanol–water partition coefficient (Wildman–Crippen LogP) is 3.65. The molecule has 1 aromatic carbocycles. The molecule has 3 nitrogen and oxygen atoms in total. The normalized spacial score (nSPS) is 28.1. The summed E-state index contributed by atoms with van der Waals surface area (Å²) in [6, 6.07) is 8.48. The quantitative estimate of drug-likeness (QED) is 0.888. The van der Waals surface area contributed by atoms with Crippen LogP contribution in [0.2, 0.25) is 0 Å². The molecule has 0 unspecified atom stereocenters. The summed E-state index contributed by atoms with van der Waals surface area (Å²) in [5.41, 5.74) is 2.19. The molecule has 2 aliphatic rings. The van der Waals surface area contributed by atoms with Crippen LogP contribution in [0.5, 0.6) is 0 Å². The smallest absolute Gasteiger partial charge is 0.224 e. The number of benzene rings is 1. The third-order valence-electron chi connectivity index (χ3n) is 5.85. The molecule has 2 saturated carbocycles. The van der Waals surface area contributed by atoms with Gasteiger partial charge in [0.15, 0.2) is 0 Å². The maximum Gasteiger partial charge on any atom is 0.224 e. The van der Waals surface area contributed by atoms with Crippen molar-refractivity contribution in [3.05, 3.63) is 36.0 Å². The Kier molecular flexibility index (Phi) is 3.44. The number of carbonyl (C=O) groups excluding carboxylic acids is 1. The van der Waals surface area contributed by atoms with E-state index in [0.29, 0.717) is 18.4 Å². The Hall–Kier alpha value is -1.77. The Morgan fingerprint density at radius 1 is 1.32 bits per heavy atom. The lowest BCUT2D eigenvalue weighted by atomic mass is 9.84. The van der Waals surface area contributed by atoms with E-state index in [2.05, 4.69) is 29.4 Å². The van der Waals surface area contributed by atoms with Gasteiger partial charge in [-0.05, 0) is 55.6 Å². The Morgan fingerprint density at radius 2 is 2.18 bits per heavy atom. The van der Waals surface area contributed by atoms with Gasteiger partial charge < -0.3 is 10.3 Å². The van der Waals surface area contributed by atoms with Gasteiger partial charge in [0.25, 0.3) is 0 Å². The fourth-order valence-corrected chi connectivity index (χ4v) is 4.77. The van der Waals surface area contributed by atoms with Gasteiger partial charge in [-0.15, -0.1) is 0 Å². The van der Waals surface area contributed by atoms with Gasteiger partial charge in [0.05, 0.1) is 6.42 Å². The lowest BCUT2D eigenvalue weighted by Crippen LogP contribution is -2.40. The van der Waals surface area contributed by atoms with Crippen molar-refractivity contribution in [2.24, 2.45) is 17.8 Å². The number of hydrogen-bond acceptors (Lipinski definition) is 1. The summed E-state index contributed by atoms with van der Waals surface area (Å²) < 4.78 is 0. The van der Waals surface area contributed by atoms with Gasteiger partial charge in [0.2, 0.25) is 5.91 Å². The van der Waals surface area contributed by atoms with Crippen LogP contribution in [0.1, 0.15) is 38.2 Å². The number of aromatic nitrogens is 1. The van der Waals surface area contributed by atoms with E-state index in [0.717, 1.165) is 28.3 Å². The highest BCUT2D eigenvalue weighted by Gasteiger charge is 2.42. The van der Waals surface area contributed by atoms with Crippen LogP contribution in [0, 0.1) is 17.8 Å². The number of para-hydroxylation sites is 1. The zero-order valence-corrected chi connectivity index (χ0v) is 13.1. The van der Waals surface area contributed by atoms with Crippen LogP contribution < -0.4 is 5.32 Å². The van der Waals surface area contributed by atoms with Crippen LogP contribution in [0.3, 0.4) is 0 Å². The molecular weight excluding hydrogens is 272 g/mol. The van der Waals surface area contributed by atoms with Crippen LogP contribution in [0.25, 0.3) is 10.9 Å². The Balaban J connectivity index is 1.40. The molecule has 2 fully saturated rings. The van der Waals surface area contributed by atoms with E-state index in [9.17, 15) is 4.79 Å². The molecule has 116 valence electrons. The second kappa shape index (κ2) is 5.45. The van der Waals surface area contributed by atoms with Gasteiger partial charge in [0.1, 0.15) is 0 Å². The third-order valence-corrected chi connectivity index (χ3v) is 5.85. The zero-order valence-electron chi connectivity index (χ0n) is 13.1. The van der Waals surface area contributed by atoms with Gasteiger partial charge in [-0.1, -0.05) is 24.6 Å². The molecule has 0 aliphatic heterocycles. The van der Waals surface area contributed by atoms with Gasteiger partial charge in [-0.25, -0.2) is 0 Å². The number of carbonyl (C=O) groups is 1. The number of hydrogen-bond donors (Lipinski definition) is 2. The van der Waals surface area contributed by atoms with Crippen LogP contribution in [-0.2, 0) is 11.2 Å². The highest BCUT2D eigenvalue weighted by molar-refractivity contribution is 5.88. The minimum absolute atomic E-state index is 0.153. The molecule has 2 aromatic rings. The fourth-order valence-electron chi connectivity index (χ4n) is 4.77. The van der Waals surface area contributed by atoms with Crippen molar-refractivity contribution in [3.8, 4) is 0 Å². The van der Waals surface area contributed by atoms with Crippen LogP contribution >= 0.6 is 0 Å². The summed E-state index contributed by atoms with van der Waals surface area (Å²) in [5, 5.41) is 4.41. The van der Waals surface area contributed by atoms with E-state index in [-0.39, 0.29) is 5.91 Å². The first-order valence-electron chi connectivity index (χ1n) is 8.55. The van der Waals surface area contributed by atoms with Gasteiger partial charge in [-0.3, -0.25) is 4.79 Å². The number of aromatic amines is 1. The van der Waals surface area contributed by atoms with E-state index < -0.39 is 0 Å². The molecule has 22 heavy (non-hydrogen) atoms. The minimum atomic E-state index is 0.153. The van der Waals surface area contributed by atoms with E-state index in [1.165, 1.54) is 25.7 Å². The SMILES string of the molecule is C[C@@H](NC(=O)Cc1c[nH]c2ccccc12)[C@H]1C[C@H]2CC[C@H]1C2. The molecule has 2 N–H and O–H groups in total. The second-order valence-corrected chi connectivity index (χ2v) is 7.23. The van der Waals surface area contributed by atoms with E-state index in [1.807, 2.05) is 18.3 Å². The van der Waals surface area contributed by atoms with E-state index in [4.69, 9.17) is 0 Å². The number of H-pyrrole nitrogens is 1. The van der Waals surface area contributed by atoms with Crippen LogP contribution in [-0.4, -0.2) is 16.9 Å². The number of nitrogens with one attached hydrogen (secondary N) is 2. The molecule has 1 heterocycles. The van der Waals surface area contributed by atoms with Crippen LogP contribution in [0.4, 0.5) is 0 Å². The molecule has 3 heteroatoms. The van der Waals surface area contributed by atoms with Gasteiger partial charge in [-0.2, -0.15) is 0 Å². The summed E-state index contributed by atoms with van der Waals surface area (Å²) >= 11 is 0. The average molecular weight is 296 g/mol. The van der Waals surface area contributed by atoms with Gasteiger partial charge >= 0.3 is 0 Å². The maximum atomic E-state index is 12.4. The summed E-state index contributed by atoms with van der Waals surface area (Å²) in [5.74, 6) is 2.64. The fraction of sp³-hybridized carbons (Fsp3) is 0.526. The van der Waals surface area contributed by atoms with Gasteiger partial charge in [0, 0.05) is 23.1 Å². The molecule has 4 rings (SSSR count). The molecular formula is C19H24N2O. The third kappa shape index (κ3) is 2.43. The Labute approximate surface area is 131 Å². The minimum Gasteiger partial charge on any atom is -0.361 e. The van der Waals surface area contributed by atoms with Crippen molar-refractivity contribution in [2.75, 3.05) is 0 Å². The highest BCUT2D eigenvalue weighted by atomic mass is 16.1. The summed E-state index contributed by atoms with van der Waals surface area (Å²) in [4.78, 5) is 15.6. The zero-order chi connectivity index (χ0) is 15.1.